The summed E-state index contributed by atoms with van der Waals surface area (Å²) in [6, 6.07) is 8.33. The molecule has 0 aliphatic heterocycles. The van der Waals surface area contributed by atoms with Crippen LogP contribution in [0.5, 0.6) is 0 Å². The number of amides is 1. The number of carbonyl (C=O) groups is 2. The van der Waals surface area contributed by atoms with Crippen LogP contribution in [-0.2, 0) is 16.1 Å². The van der Waals surface area contributed by atoms with E-state index in [4.69, 9.17) is 9.84 Å². The molecule has 0 aromatic heterocycles. The molecule has 1 fully saturated rings. The van der Waals surface area contributed by atoms with Gasteiger partial charge in [0.15, 0.2) is 5.60 Å². The molecule has 2 atom stereocenters. The van der Waals surface area contributed by atoms with Crippen LogP contribution in [0.2, 0.25) is 0 Å². The van der Waals surface area contributed by atoms with Crippen LogP contribution in [0, 0.1) is 0 Å². The Labute approximate surface area is 116 Å². The molecule has 1 aromatic rings. The first-order valence-electron chi connectivity index (χ1n) is 6.45. The summed E-state index contributed by atoms with van der Waals surface area (Å²) >= 11 is 0. The second kappa shape index (κ2) is 5.92. The van der Waals surface area contributed by atoms with E-state index in [-0.39, 0.29) is 13.0 Å². The molecule has 108 valence electrons. The number of carbonyl (C=O) groups excluding carboxylic acids is 1. The molecular weight excluding hydrogens is 262 g/mol. The smallest absolute Gasteiger partial charge is 0.407 e. The third kappa shape index (κ3) is 3.08. The van der Waals surface area contributed by atoms with Crippen molar-refractivity contribution in [3.8, 4) is 0 Å². The van der Waals surface area contributed by atoms with Crippen molar-refractivity contribution in [1.29, 1.82) is 0 Å². The molecule has 0 spiro atoms. The van der Waals surface area contributed by atoms with Crippen LogP contribution in [0.15, 0.2) is 30.3 Å². The van der Waals surface area contributed by atoms with Crippen LogP contribution in [0.4, 0.5) is 4.79 Å². The summed E-state index contributed by atoms with van der Waals surface area (Å²) in [7, 11) is 0. The molecule has 1 saturated carbocycles. The predicted octanol–water partition coefficient (Wildman–Crippen LogP) is 1.28. The largest absolute Gasteiger partial charge is 0.479 e. The van der Waals surface area contributed by atoms with E-state index in [0.717, 1.165) is 5.56 Å². The standard InChI is InChI=1S/C14H17NO5/c16-12(17)14(19)8-4-7-11(14)15-13(18)20-9-10-5-2-1-3-6-10/h1-3,5-6,11,19H,4,7-9H2,(H,15,18)(H,16,17). The molecule has 2 unspecified atom stereocenters. The topological polar surface area (TPSA) is 95.9 Å². The lowest BCUT2D eigenvalue weighted by atomic mass is 9.98. The third-order valence-electron chi connectivity index (χ3n) is 3.50. The van der Waals surface area contributed by atoms with Crippen molar-refractivity contribution in [3.05, 3.63) is 35.9 Å². The molecule has 0 radical (unpaired) electrons. The lowest BCUT2D eigenvalue weighted by molar-refractivity contribution is -0.159. The molecular formula is C14H17NO5. The molecule has 6 heteroatoms. The number of rotatable bonds is 4. The van der Waals surface area contributed by atoms with Gasteiger partial charge in [-0.05, 0) is 24.8 Å². The fraction of sp³-hybridized carbons (Fsp3) is 0.429. The fourth-order valence-corrected chi connectivity index (χ4v) is 2.34. The Morgan fingerprint density at radius 3 is 2.70 bits per heavy atom. The highest BCUT2D eigenvalue weighted by atomic mass is 16.5. The molecule has 20 heavy (non-hydrogen) atoms. The van der Waals surface area contributed by atoms with Gasteiger partial charge in [-0.25, -0.2) is 9.59 Å². The Balaban J connectivity index is 1.87. The Morgan fingerprint density at radius 1 is 1.35 bits per heavy atom. The minimum Gasteiger partial charge on any atom is -0.479 e. The van der Waals surface area contributed by atoms with Crippen LogP contribution < -0.4 is 5.32 Å². The van der Waals surface area contributed by atoms with Crippen molar-refractivity contribution < 1.29 is 24.5 Å². The Kier molecular flexibility index (Phi) is 4.24. The first-order valence-corrected chi connectivity index (χ1v) is 6.45. The molecule has 3 N–H and O–H groups in total. The molecule has 0 saturated heterocycles. The molecule has 2 rings (SSSR count). The number of carboxylic acid groups (broad SMARTS) is 1. The van der Waals surface area contributed by atoms with E-state index in [9.17, 15) is 14.7 Å². The van der Waals surface area contributed by atoms with Crippen LogP contribution in [0.25, 0.3) is 0 Å². The molecule has 1 aliphatic rings. The van der Waals surface area contributed by atoms with Crippen molar-refractivity contribution in [3.63, 3.8) is 0 Å². The van der Waals surface area contributed by atoms with E-state index in [2.05, 4.69) is 5.32 Å². The van der Waals surface area contributed by atoms with Crippen LogP contribution >= 0.6 is 0 Å². The average molecular weight is 279 g/mol. The highest BCUT2D eigenvalue weighted by Crippen LogP contribution is 2.30. The zero-order chi connectivity index (χ0) is 14.6. The zero-order valence-electron chi connectivity index (χ0n) is 10.9. The quantitative estimate of drug-likeness (QED) is 0.771. The van der Waals surface area contributed by atoms with Crippen molar-refractivity contribution in [2.45, 2.75) is 37.5 Å². The van der Waals surface area contributed by atoms with Gasteiger partial charge in [-0.3, -0.25) is 0 Å². The van der Waals surface area contributed by atoms with Crippen LogP contribution in [-0.4, -0.2) is 33.9 Å². The number of hydrogen-bond acceptors (Lipinski definition) is 4. The number of aliphatic carboxylic acids is 1. The molecule has 1 aromatic carbocycles. The van der Waals surface area contributed by atoms with E-state index in [0.29, 0.717) is 12.8 Å². The highest BCUT2D eigenvalue weighted by Gasteiger charge is 2.48. The molecule has 1 amide bonds. The van der Waals surface area contributed by atoms with E-state index in [1.54, 1.807) is 0 Å². The number of alkyl carbamates (subject to hydrolysis) is 1. The normalized spacial score (nSPS) is 25.1. The van der Waals surface area contributed by atoms with Gasteiger partial charge < -0.3 is 20.3 Å². The maximum atomic E-state index is 11.6. The molecule has 1 aliphatic carbocycles. The lowest BCUT2D eigenvalue weighted by Gasteiger charge is -2.25. The van der Waals surface area contributed by atoms with Gasteiger partial charge in [0.1, 0.15) is 6.61 Å². The summed E-state index contributed by atoms with van der Waals surface area (Å²) in [5.41, 5.74) is -1.06. The Bertz CT molecular complexity index is 490. The van der Waals surface area contributed by atoms with Gasteiger partial charge in [0.05, 0.1) is 6.04 Å². The predicted molar refractivity (Wildman–Crippen MR) is 70.0 cm³/mol. The summed E-state index contributed by atoms with van der Waals surface area (Å²) in [5, 5.41) is 21.4. The summed E-state index contributed by atoms with van der Waals surface area (Å²) < 4.78 is 5.01. The third-order valence-corrected chi connectivity index (χ3v) is 3.50. The highest BCUT2D eigenvalue weighted by molar-refractivity contribution is 5.80. The zero-order valence-corrected chi connectivity index (χ0v) is 10.9. The van der Waals surface area contributed by atoms with Gasteiger partial charge in [-0.15, -0.1) is 0 Å². The summed E-state index contributed by atoms with van der Waals surface area (Å²) in [5.74, 6) is -1.32. The van der Waals surface area contributed by atoms with E-state index in [1.165, 1.54) is 0 Å². The van der Waals surface area contributed by atoms with Crippen molar-refractivity contribution >= 4 is 12.1 Å². The maximum Gasteiger partial charge on any atom is 0.407 e. The van der Waals surface area contributed by atoms with E-state index in [1.807, 2.05) is 30.3 Å². The maximum absolute atomic E-state index is 11.6. The van der Waals surface area contributed by atoms with Crippen LogP contribution in [0.3, 0.4) is 0 Å². The number of nitrogens with one attached hydrogen (secondary N) is 1. The van der Waals surface area contributed by atoms with Crippen molar-refractivity contribution in [1.82, 2.24) is 5.32 Å². The van der Waals surface area contributed by atoms with Crippen LogP contribution in [0.1, 0.15) is 24.8 Å². The summed E-state index contributed by atoms with van der Waals surface area (Å²) in [6.07, 6.45) is 0.377. The number of benzene rings is 1. The summed E-state index contributed by atoms with van der Waals surface area (Å²) in [4.78, 5) is 22.7. The van der Waals surface area contributed by atoms with Gasteiger partial charge in [0.25, 0.3) is 0 Å². The molecule has 0 bridgehead atoms. The van der Waals surface area contributed by atoms with Crippen molar-refractivity contribution in [2.75, 3.05) is 0 Å². The first kappa shape index (κ1) is 14.3. The molecule has 6 nitrogen and oxygen atoms in total. The second-order valence-electron chi connectivity index (χ2n) is 4.88. The fourth-order valence-electron chi connectivity index (χ4n) is 2.34. The number of hydrogen-bond donors (Lipinski definition) is 3. The minimum absolute atomic E-state index is 0.102. The summed E-state index contributed by atoms with van der Waals surface area (Å²) in [6.45, 7) is 0.102. The first-order chi connectivity index (χ1) is 9.52. The Morgan fingerprint density at radius 2 is 2.05 bits per heavy atom. The van der Waals surface area contributed by atoms with Gasteiger partial charge in [-0.2, -0.15) is 0 Å². The average Bonchev–Trinajstić information content (AvgIpc) is 2.80. The minimum atomic E-state index is -1.90. The monoisotopic (exact) mass is 279 g/mol. The lowest BCUT2D eigenvalue weighted by Crippen LogP contribution is -2.54. The molecule has 0 heterocycles. The Hall–Kier alpha value is -2.08. The van der Waals surface area contributed by atoms with Crippen molar-refractivity contribution in [2.24, 2.45) is 0 Å². The van der Waals surface area contributed by atoms with Gasteiger partial charge >= 0.3 is 12.1 Å². The number of carboxylic acids is 1. The second-order valence-corrected chi connectivity index (χ2v) is 4.88. The van der Waals surface area contributed by atoms with Gasteiger partial charge in [-0.1, -0.05) is 30.3 Å². The number of aliphatic hydroxyl groups is 1. The van der Waals surface area contributed by atoms with E-state index < -0.39 is 23.7 Å². The van der Waals surface area contributed by atoms with Gasteiger partial charge in [0.2, 0.25) is 0 Å². The SMILES string of the molecule is O=C(NC1CCCC1(O)C(=O)O)OCc1ccccc1. The van der Waals surface area contributed by atoms with Gasteiger partial charge in [0, 0.05) is 0 Å². The van der Waals surface area contributed by atoms with E-state index >= 15 is 0 Å². The number of ether oxygens (including phenoxy) is 1.